The lowest BCUT2D eigenvalue weighted by Crippen LogP contribution is -2.12. The average molecular weight is 348 g/mol. The molecule has 6 heteroatoms. The second kappa shape index (κ2) is 7.40. The standard InChI is InChI=1S/C20H16N2O4/c21-15-5-1-3-7-17(15)25-19(23)13-9-11-14(12-10-13)20(24)26-18-8-4-2-6-16(18)22/h1-12H,21-22H2. The Morgan fingerprint density at radius 3 is 1.27 bits per heavy atom. The van der Waals surface area contributed by atoms with Gasteiger partial charge in [-0.15, -0.1) is 0 Å². The molecule has 3 rings (SSSR count). The quantitative estimate of drug-likeness (QED) is 0.426. The number of benzene rings is 3. The van der Waals surface area contributed by atoms with E-state index in [1.165, 1.54) is 24.3 Å². The van der Waals surface area contributed by atoms with E-state index in [1.807, 2.05) is 0 Å². The molecule has 130 valence electrons. The van der Waals surface area contributed by atoms with Gasteiger partial charge in [-0.05, 0) is 48.5 Å². The second-order valence-electron chi connectivity index (χ2n) is 5.43. The van der Waals surface area contributed by atoms with Crippen LogP contribution in [0, 0.1) is 0 Å². The van der Waals surface area contributed by atoms with Crippen LogP contribution < -0.4 is 20.9 Å². The summed E-state index contributed by atoms with van der Waals surface area (Å²) in [7, 11) is 0. The first-order chi connectivity index (χ1) is 12.5. The molecule has 0 aliphatic heterocycles. The van der Waals surface area contributed by atoms with Crippen molar-refractivity contribution in [3.05, 3.63) is 83.9 Å². The summed E-state index contributed by atoms with van der Waals surface area (Å²) < 4.78 is 10.5. The lowest BCUT2D eigenvalue weighted by molar-refractivity contribution is 0.0721. The zero-order valence-corrected chi connectivity index (χ0v) is 13.7. The first-order valence-electron chi connectivity index (χ1n) is 7.78. The van der Waals surface area contributed by atoms with Crippen molar-refractivity contribution in [2.24, 2.45) is 0 Å². The molecule has 0 unspecified atom stereocenters. The Balaban J connectivity index is 1.70. The van der Waals surface area contributed by atoms with Crippen LogP contribution in [0.4, 0.5) is 11.4 Å². The largest absolute Gasteiger partial charge is 0.421 e. The Morgan fingerprint density at radius 2 is 0.923 bits per heavy atom. The maximum absolute atomic E-state index is 12.2. The molecule has 3 aromatic carbocycles. The van der Waals surface area contributed by atoms with E-state index >= 15 is 0 Å². The summed E-state index contributed by atoms with van der Waals surface area (Å²) in [4.78, 5) is 24.3. The van der Waals surface area contributed by atoms with Gasteiger partial charge in [-0.2, -0.15) is 0 Å². The van der Waals surface area contributed by atoms with Crippen LogP contribution in [0.25, 0.3) is 0 Å². The van der Waals surface area contributed by atoms with Crippen molar-refractivity contribution in [3.63, 3.8) is 0 Å². The topological polar surface area (TPSA) is 105 Å². The summed E-state index contributed by atoms with van der Waals surface area (Å²) in [5.74, 6) is -0.591. The van der Waals surface area contributed by atoms with Gasteiger partial charge in [0.25, 0.3) is 0 Å². The summed E-state index contributed by atoms with van der Waals surface area (Å²) in [6.45, 7) is 0. The van der Waals surface area contributed by atoms with E-state index in [4.69, 9.17) is 20.9 Å². The highest BCUT2D eigenvalue weighted by Crippen LogP contribution is 2.22. The van der Waals surface area contributed by atoms with Gasteiger partial charge in [-0.1, -0.05) is 24.3 Å². The lowest BCUT2D eigenvalue weighted by atomic mass is 10.1. The number of esters is 2. The van der Waals surface area contributed by atoms with Gasteiger partial charge in [0.05, 0.1) is 22.5 Å². The minimum atomic E-state index is -0.574. The molecule has 0 atom stereocenters. The Morgan fingerprint density at radius 1 is 0.577 bits per heavy atom. The van der Waals surface area contributed by atoms with Crippen LogP contribution in [-0.2, 0) is 0 Å². The molecule has 0 amide bonds. The highest BCUT2D eigenvalue weighted by molar-refractivity contribution is 5.95. The van der Waals surface area contributed by atoms with Gasteiger partial charge in [-0.25, -0.2) is 9.59 Å². The fourth-order valence-electron chi connectivity index (χ4n) is 2.21. The monoisotopic (exact) mass is 348 g/mol. The van der Waals surface area contributed by atoms with Gasteiger partial charge in [0.1, 0.15) is 0 Å². The van der Waals surface area contributed by atoms with Crippen LogP contribution in [0.1, 0.15) is 20.7 Å². The zero-order valence-electron chi connectivity index (χ0n) is 13.7. The average Bonchev–Trinajstić information content (AvgIpc) is 2.65. The maximum atomic E-state index is 12.2. The molecule has 0 fully saturated rings. The van der Waals surface area contributed by atoms with Gasteiger partial charge in [0, 0.05) is 0 Å². The fraction of sp³-hybridized carbons (Fsp3) is 0. The van der Waals surface area contributed by atoms with Crippen molar-refractivity contribution in [2.75, 3.05) is 11.5 Å². The molecule has 0 spiro atoms. The molecule has 0 aromatic heterocycles. The lowest BCUT2D eigenvalue weighted by Gasteiger charge is -2.08. The molecular weight excluding hydrogens is 332 g/mol. The van der Waals surface area contributed by atoms with E-state index in [0.717, 1.165) is 0 Å². The van der Waals surface area contributed by atoms with E-state index in [9.17, 15) is 9.59 Å². The Bertz CT molecular complexity index is 874. The van der Waals surface area contributed by atoms with E-state index in [-0.39, 0.29) is 22.6 Å². The van der Waals surface area contributed by atoms with Gasteiger partial charge in [0.2, 0.25) is 0 Å². The number of carbonyl (C=O) groups is 2. The van der Waals surface area contributed by atoms with Crippen molar-refractivity contribution in [3.8, 4) is 11.5 Å². The minimum absolute atomic E-state index is 0.278. The molecular formula is C20H16N2O4. The molecule has 3 aromatic rings. The number of hydrogen-bond acceptors (Lipinski definition) is 6. The van der Waals surface area contributed by atoms with Gasteiger partial charge < -0.3 is 20.9 Å². The normalized spacial score (nSPS) is 10.2. The first-order valence-corrected chi connectivity index (χ1v) is 7.78. The summed E-state index contributed by atoms with van der Waals surface area (Å²) in [5.41, 5.74) is 12.8. The molecule has 6 nitrogen and oxygen atoms in total. The third-order valence-electron chi connectivity index (χ3n) is 3.60. The molecule has 0 radical (unpaired) electrons. The SMILES string of the molecule is Nc1ccccc1OC(=O)c1ccc(C(=O)Oc2ccccc2N)cc1. The van der Waals surface area contributed by atoms with Crippen LogP contribution in [0.5, 0.6) is 11.5 Å². The van der Waals surface area contributed by atoms with E-state index < -0.39 is 11.9 Å². The molecule has 0 bridgehead atoms. The third-order valence-corrected chi connectivity index (χ3v) is 3.60. The predicted molar refractivity (Wildman–Crippen MR) is 98.1 cm³/mol. The molecule has 26 heavy (non-hydrogen) atoms. The highest BCUT2D eigenvalue weighted by atomic mass is 16.5. The molecule has 4 N–H and O–H groups in total. The van der Waals surface area contributed by atoms with Crippen molar-refractivity contribution in [1.82, 2.24) is 0 Å². The Labute approximate surface area is 150 Å². The maximum Gasteiger partial charge on any atom is 0.343 e. The number of ether oxygens (including phenoxy) is 2. The molecule has 0 aliphatic carbocycles. The smallest absolute Gasteiger partial charge is 0.343 e. The fourth-order valence-corrected chi connectivity index (χ4v) is 2.21. The van der Waals surface area contributed by atoms with E-state index in [0.29, 0.717) is 11.4 Å². The zero-order chi connectivity index (χ0) is 18.5. The van der Waals surface area contributed by atoms with Crippen LogP contribution >= 0.6 is 0 Å². The molecule has 0 saturated heterocycles. The summed E-state index contributed by atoms with van der Waals surface area (Å²) in [6, 6.07) is 19.3. The number of carbonyl (C=O) groups excluding carboxylic acids is 2. The Kier molecular flexibility index (Phi) is 4.85. The number of nitrogen functional groups attached to an aromatic ring is 2. The van der Waals surface area contributed by atoms with Crippen LogP contribution in [0.15, 0.2) is 72.8 Å². The summed E-state index contributed by atoms with van der Waals surface area (Å²) in [5, 5.41) is 0. The van der Waals surface area contributed by atoms with Crippen molar-refractivity contribution in [1.29, 1.82) is 0 Å². The second-order valence-corrected chi connectivity index (χ2v) is 5.43. The number of anilines is 2. The molecule has 0 heterocycles. The first kappa shape index (κ1) is 17.0. The summed E-state index contributed by atoms with van der Waals surface area (Å²) >= 11 is 0. The third kappa shape index (κ3) is 3.81. The van der Waals surface area contributed by atoms with E-state index in [1.54, 1.807) is 48.5 Å². The van der Waals surface area contributed by atoms with Crippen LogP contribution in [0.2, 0.25) is 0 Å². The van der Waals surface area contributed by atoms with Crippen molar-refractivity contribution >= 4 is 23.3 Å². The number of nitrogens with two attached hydrogens (primary N) is 2. The van der Waals surface area contributed by atoms with E-state index in [2.05, 4.69) is 0 Å². The molecule has 0 saturated carbocycles. The van der Waals surface area contributed by atoms with Crippen molar-refractivity contribution in [2.45, 2.75) is 0 Å². The predicted octanol–water partition coefficient (Wildman–Crippen LogP) is 3.29. The van der Waals surface area contributed by atoms with Crippen molar-refractivity contribution < 1.29 is 19.1 Å². The molecule has 0 aliphatic rings. The number of hydrogen-bond donors (Lipinski definition) is 2. The minimum Gasteiger partial charge on any atom is -0.421 e. The summed E-state index contributed by atoms with van der Waals surface area (Å²) in [6.07, 6.45) is 0. The van der Waals surface area contributed by atoms with Gasteiger partial charge in [0.15, 0.2) is 11.5 Å². The number of para-hydroxylation sites is 4. The highest BCUT2D eigenvalue weighted by Gasteiger charge is 2.14. The van der Waals surface area contributed by atoms with Crippen LogP contribution in [0.3, 0.4) is 0 Å². The van der Waals surface area contributed by atoms with Gasteiger partial charge in [-0.3, -0.25) is 0 Å². The number of rotatable bonds is 4. The van der Waals surface area contributed by atoms with Gasteiger partial charge >= 0.3 is 11.9 Å². The van der Waals surface area contributed by atoms with Crippen LogP contribution in [-0.4, -0.2) is 11.9 Å². The Hall–Kier alpha value is -3.80.